The summed E-state index contributed by atoms with van der Waals surface area (Å²) in [5.41, 5.74) is 2.30. The zero-order chi connectivity index (χ0) is 17.9. The van der Waals surface area contributed by atoms with Crippen molar-refractivity contribution in [2.24, 2.45) is 0 Å². The second-order valence-corrected chi connectivity index (χ2v) is 7.13. The lowest BCUT2D eigenvalue weighted by Crippen LogP contribution is -2.49. The van der Waals surface area contributed by atoms with E-state index in [1.807, 2.05) is 18.2 Å². The molecular formula is C23H24N2O. The van der Waals surface area contributed by atoms with Crippen LogP contribution in [-0.4, -0.2) is 42.4 Å². The van der Waals surface area contributed by atoms with Gasteiger partial charge in [-0.15, -0.1) is 0 Å². The number of rotatable bonds is 3. The van der Waals surface area contributed by atoms with Crippen molar-refractivity contribution in [3.8, 4) is 0 Å². The Bertz CT molecular complexity index is 906. The highest BCUT2D eigenvalue weighted by Crippen LogP contribution is 2.26. The van der Waals surface area contributed by atoms with Crippen LogP contribution in [0.2, 0.25) is 0 Å². The van der Waals surface area contributed by atoms with E-state index < -0.39 is 0 Å². The quantitative estimate of drug-likeness (QED) is 0.719. The van der Waals surface area contributed by atoms with Crippen LogP contribution in [0, 0.1) is 0 Å². The van der Waals surface area contributed by atoms with Gasteiger partial charge in [0.2, 0.25) is 5.91 Å². The summed E-state index contributed by atoms with van der Waals surface area (Å²) in [6.45, 7) is 2.59. The standard InChI is InChI=1S/C23H24N2O/c1-24-13-14-25(22(17-24)20-8-3-2-4-9-20)23(26)16-18-11-12-19-7-5-6-10-21(19)15-18/h2-12,15,22H,13-14,16-17H2,1H3/t22-/m0/s1. The summed E-state index contributed by atoms with van der Waals surface area (Å²) in [6, 6.07) is 25.1. The first kappa shape index (κ1) is 16.8. The Labute approximate surface area is 154 Å². The molecule has 1 fully saturated rings. The average molecular weight is 344 g/mol. The topological polar surface area (TPSA) is 23.6 Å². The summed E-state index contributed by atoms with van der Waals surface area (Å²) in [4.78, 5) is 17.5. The van der Waals surface area contributed by atoms with E-state index in [9.17, 15) is 4.79 Å². The van der Waals surface area contributed by atoms with Gasteiger partial charge in [-0.3, -0.25) is 4.79 Å². The Hall–Kier alpha value is -2.65. The molecule has 1 heterocycles. The third-order valence-corrected chi connectivity index (χ3v) is 5.26. The molecule has 0 aliphatic carbocycles. The fourth-order valence-electron chi connectivity index (χ4n) is 3.80. The molecular weight excluding hydrogens is 320 g/mol. The molecule has 132 valence electrons. The van der Waals surface area contributed by atoms with Crippen molar-refractivity contribution in [3.63, 3.8) is 0 Å². The summed E-state index contributed by atoms with van der Waals surface area (Å²) in [5, 5.41) is 2.40. The molecule has 0 aromatic heterocycles. The molecule has 0 bridgehead atoms. The number of likely N-dealkylation sites (N-methyl/N-ethyl adjacent to an activating group) is 1. The van der Waals surface area contributed by atoms with Crippen molar-refractivity contribution in [2.45, 2.75) is 12.5 Å². The fourth-order valence-corrected chi connectivity index (χ4v) is 3.80. The van der Waals surface area contributed by atoms with Gasteiger partial charge < -0.3 is 9.80 Å². The van der Waals surface area contributed by atoms with E-state index in [0.717, 1.165) is 25.2 Å². The van der Waals surface area contributed by atoms with Crippen LogP contribution in [0.4, 0.5) is 0 Å². The van der Waals surface area contributed by atoms with Crippen LogP contribution in [0.25, 0.3) is 10.8 Å². The summed E-state index contributed by atoms with van der Waals surface area (Å²) in [6.07, 6.45) is 0.456. The Balaban J connectivity index is 1.56. The zero-order valence-electron chi connectivity index (χ0n) is 15.1. The van der Waals surface area contributed by atoms with Gasteiger partial charge in [0.15, 0.2) is 0 Å². The Morgan fingerprint density at radius 2 is 1.65 bits per heavy atom. The van der Waals surface area contributed by atoms with Crippen LogP contribution >= 0.6 is 0 Å². The number of carbonyl (C=O) groups is 1. The molecule has 1 atom stereocenters. The van der Waals surface area contributed by atoms with Crippen LogP contribution in [-0.2, 0) is 11.2 Å². The molecule has 3 aromatic carbocycles. The number of piperazine rings is 1. The summed E-state index contributed by atoms with van der Waals surface area (Å²) < 4.78 is 0. The Morgan fingerprint density at radius 3 is 2.46 bits per heavy atom. The average Bonchev–Trinajstić information content (AvgIpc) is 2.68. The Kier molecular flexibility index (Phi) is 4.72. The lowest BCUT2D eigenvalue weighted by atomic mass is 10.0. The van der Waals surface area contributed by atoms with E-state index in [1.54, 1.807) is 0 Å². The minimum absolute atomic E-state index is 0.128. The van der Waals surface area contributed by atoms with Crippen molar-refractivity contribution >= 4 is 16.7 Å². The molecule has 3 heteroatoms. The van der Waals surface area contributed by atoms with Gasteiger partial charge in [-0.05, 0) is 28.9 Å². The van der Waals surface area contributed by atoms with Crippen LogP contribution in [0.5, 0.6) is 0 Å². The molecule has 4 rings (SSSR count). The van der Waals surface area contributed by atoms with E-state index in [-0.39, 0.29) is 11.9 Å². The predicted octanol–water partition coefficient (Wildman–Crippen LogP) is 3.90. The smallest absolute Gasteiger partial charge is 0.227 e. The summed E-state index contributed by atoms with van der Waals surface area (Å²) in [5.74, 6) is 0.210. The monoisotopic (exact) mass is 344 g/mol. The second kappa shape index (κ2) is 7.30. The molecule has 0 spiro atoms. The van der Waals surface area contributed by atoms with E-state index in [2.05, 4.69) is 71.4 Å². The van der Waals surface area contributed by atoms with E-state index in [4.69, 9.17) is 0 Å². The first-order valence-corrected chi connectivity index (χ1v) is 9.21. The minimum Gasteiger partial charge on any atom is -0.333 e. The molecule has 0 unspecified atom stereocenters. The van der Waals surface area contributed by atoms with Crippen LogP contribution in [0.15, 0.2) is 72.8 Å². The normalized spacial score (nSPS) is 18.2. The van der Waals surface area contributed by atoms with Crippen LogP contribution < -0.4 is 0 Å². The molecule has 3 nitrogen and oxygen atoms in total. The molecule has 1 saturated heterocycles. The number of carbonyl (C=O) groups excluding carboxylic acids is 1. The van der Waals surface area contributed by atoms with Crippen molar-refractivity contribution in [3.05, 3.63) is 83.9 Å². The van der Waals surface area contributed by atoms with Crippen molar-refractivity contribution in [1.82, 2.24) is 9.80 Å². The van der Waals surface area contributed by atoms with Crippen LogP contribution in [0.3, 0.4) is 0 Å². The highest BCUT2D eigenvalue weighted by atomic mass is 16.2. The van der Waals surface area contributed by atoms with E-state index >= 15 is 0 Å². The lowest BCUT2D eigenvalue weighted by Gasteiger charge is -2.40. The molecule has 0 N–H and O–H groups in total. The molecule has 1 aliphatic rings. The zero-order valence-corrected chi connectivity index (χ0v) is 15.1. The number of fused-ring (bicyclic) bond motifs is 1. The summed E-state index contributed by atoms with van der Waals surface area (Å²) in [7, 11) is 2.13. The second-order valence-electron chi connectivity index (χ2n) is 7.13. The van der Waals surface area contributed by atoms with Gasteiger partial charge in [-0.25, -0.2) is 0 Å². The van der Waals surface area contributed by atoms with Gasteiger partial charge in [-0.2, -0.15) is 0 Å². The van der Waals surface area contributed by atoms with Gasteiger partial charge in [0.1, 0.15) is 0 Å². The first-order chi connectivity index (χ1) is 12.7. The third-order valence-electron chi connectivity index (χ3n) is 5.26. The molecule has 0 radical (unpaired) electrons. The lowest BCUT2D eigenvalue weighted by molar-refractivity contribution is -0.135. The van der Waals surface area contributed by atoms with Gasteiger partial charge in [0.05, 0.1) is 12.5 Å². The maximum Gasteiger partial charge on any atom is 0.227 e. The largest absolute Gasteiger partial charge is 0.333 e. The van der Waals surface area contributed by atoms with Gasteiger partial charge in [-0.1, -0.05) is 72.8 Å². The van der Waals surface area contributed by atoms with Gasteiger partial charge in [0.25, 0.3) is 0 Å². The van der Waals surface area contributed by atoms with E-state index in [1.165, 1.54) is 16.3 Å². The SMILES string of the molecule is CN1CCN(C(=O)Cc2ccc3ccccc3c2)[C@H](c2ccccc2)C1. The molecule has 0 saturated carbocycles. The van der Waals surface area contributed by atoms with Crippen molar-refractivity contribution in [1.29, 1.82) is 0 Å². The first-order valence-electron chi connectivity index (χ1n) is 9.21. The van der Waals surface area contributed by atoms with Crippen LogP contribution in [0.1, 0.15) is 17.2 Å². The number of hydrogen-bond donors (Lipinski definition) is 0. The third kappa shape index (κ3) is 3.49. The van der Waals surface area contributed by atoms with E-state index in [0.29, 0.717) is 6.42 Å². The molecule has 26 heavy (non-hydrogen) atoms. The maximum absolute atomic E-state index is 13.1. The Morgan fingerprint density at radius 1 is 0.923 bits per heavy atom. The highest BCUT2D eigenvalue weighted by molar-refractivity contribution is 5.85. The number of nitrogens with zero attached hydrogens (tertiary/aromatic N) is 2. The molecule has 3 aromatic rings. The van der Waals surface area contributed by atoms with Gasteiger partial charge in [0, 0.05) is 19.6 Å². The minimum atomic E-state index is 0.128. The molecule has 1 aliphatic heterocycles. The molecule has 1 amide bonds. The highest BCUT2D eigenvalue weighted by Gasteiger charge is 2.29. The predicted molar refractivity (Wildman–Crippen MR) is 106 cm³/mol. The maximum atomic E-state index is 13.1. The van der Waals surface area contributed by atoms with Crippen molar-refractivity contribution in [2.75, 3.05) is 26.7 Å². The fraction of sp³-hybridized carbons (Fsp3) is 0.261. The number of benzene rings is 3. The van der Waals surface area contributed by atoms with Crippen molar-refractivity contribution < 1.29 is 4.79 Å². The number of hydrogen-bond acceptors (Lipinski definition) is 2. The summed E-state index contributed by atoms with van der Waals surface area (Å²) >= 11 is 0. The number of amides is 1. The van der Waals surface area contributed by atoms with Gasteiger partial charge >= 0.3 is 0 Å².